The van der Waals surface area contributed by atoms with Crippen molar-refractivity contribution in [3.05, 3.63) is 95.8 Å². The monoisotopic (exact) mass is 443 g/mol. The first-order valence-corrected chi connectivity index (χ1v) is 11.8. The number of carbonyl (C=O) groups excluding carboxylic acids is 1. The third-order valence-electron chi connectivity index (χ3n) is 6.29. The predicted molar refractivity (Wildman–Crippen MR) is 131 cm³/mol. The van der Waals surface area contributed by atoms with E-state index in [9.17, 15) is 4.79 Å². The third-order valence-corrected chi connectivity index (χ3v) is 6.29. The van der Waals surface area contributed by atoms with Crippen LogP contribution in [0.25, 0.3) is 0 Å². The van der Waals surface area contributed by atoms with Gasteiger partial charge in [-0.3, -0.25) is 14.7 Å². The Kier molecular flexibility index (Phi) is 8.09. The normalized spacial score (nSPS) is 16.9. The maximum absolute atomic E-state index is 13.2. The van der Waals surface area contributed by atoms with E-state index in [4.69, 9.17) is 4.74 Å². The van der Waals surface area contributed by atoms with Gasteiger partial charge in [0.1, 0.15) is 5.75 Å². The Labute approximate surface area is 197 Å². The van der Waals surface area contributed by atoms with Crippen molar-refractivity contribution >= 4 is 5.91 Å². The summed E-state index contributed by atoms with van der Waals surface area (Å²) in [6, 6.07) is 24.7. The van der Waals surface area contributed by atoms with Crippen LogP contribution in [0.3, 0.4) is 0 Å². The zero-order chi connectivity index (χ0) is 22.9. The highest BCUT2D eigenvalue weighted by molar-refractivity contribution is 5.76. The summed E-state index contributed by atoms with van der Waals surface area (Å²) in [5.41, 5.74) is 3.57. The fourth-order valence-electron chi connectivity index (χ4n) is 4.54. The Bertz CT molecular complexity index is 993. The van der Waals surface area contributed by atoms with Crippen molar-refractivity contribution in [3.8, 4) is 5.75 Å². The zero-order valence-electron chi connectivity index (χ0n) is 19.4. The summed E-state index contributed by atoms with van der Waals surface area (Å²) < 4.78 is 5.23. The molecule has 0 bridgehead atoms. The zero-order valence-corrected chi connectivity index (χ0v) is 19.4. The second kappa shape index (κ2) is 11.6. The summed E-state index contributed by atoms with van der Waals surface area (Å²) >= 11 is 0. The van der Waals surface area contributed by atoms with E-state index in [2.05, 4.69) is 51.2 Å². The highest BCUT2D eigenvalue weighted by Gasteiger charge is 2.26. The number of pyridine rings is 1. The molecule has 1 saturated heterocycles. The smallest absolute Gasteiger partial charge is 0.222 e. The number of carbonyl (C=O) groups is 1. The van der Waals surface area contributed by atoms with Gasteiger partial charge in [-0.15, -0.1) is 0 Å². The van der Waals surface area contributed by atoms with E-state index in [0.717, 1.165) is 62.6 Å². The van der Waals surface area contributed by atoms with E-state index < -0.39 is 0 Å². The van der Waals surface area contributed by atoms with Gasteiger partial charge in [-0.25, -0.2) is 0 Å². The van der Waals surface area contributed by atoms with Crippen molar-refractivity contribution < 1.29 is 9.53 Å². The Hall–Kier alpha value is -3.18. The summed E-state index contributed by atoms with van der Waals surface area (Å²) in [7, 11) is 1.67. The number of aromatic nitrogens is 1. The van der Waals surface area contributed by atoms with E-state index in [1.165, 1.54) is 5.56 Å². The summed E-state index contributed by atoms with van der Waals surface area (Å²) in [5, 5.41) is 0. The van der Waals surface area contributed by atoms with Crippen LogP contribution in [-0.2, 0) is 24.2 Å². The fourth-order valence-corrected chi connectivity index (χ4v) is 4.54. The van der Waals surface area contributed by atoms with Crippen LogP contribution >= 0.6 is 0 Å². The molecule has 5 heteroatoms. The highest BCUT2D eigenvalue weighted by Crippen LogP contribution is 2.19. The van der Waals surface area contributed by atoms with Crippen LogP contribution in [0.15, 0.2) is 79.0 Å². The van der Waals surface area contributed by atoms with Crippen LogP contribution in [0.2, 0.25) is 0 Å². The number of benzene rings is 2. The number of hydrogen-bond donors (Lipinski definition) is 0. The molecule has 3 aromatic rings. The summed E-state index contributed by atoms with van der Waals surface area (Å²) in [6.45, 7) is 4.32. The fraction of sp³-hybridized carbons (Fsp3) is 0.357. The minimum absolute atomic E-state index is 0.235. The molecule has 1 aliphatic heterocycles. The van der Waals surface area contributed by atoms with Gasteiger partial charge < -0.3 is 9.64 Å². The van der Waals surface area contributed by atoms with Crippen LogP contribution in [0, 0.1) is 5.92 Å². The van der Waals surface area contributed by atoms with Crippen LogP contribution in [0.4, 0.5) is 0 Å². The molecule has 0 aliphatic carbocycles. The summed E-state index contributed by atoms with van der Waals surface area (Å²) in [4.78, 5) is 22.3. The molecule has 5 nitrogen and oxygen atoms in total. The summed E-state index contributed by atoms with van der Waals surface area (Å²) in [6.07, 6.45) is 4.01. The Morgan fingerprint density at radius 1 is 0.939 bits per heavy atom. The molecular weight excluding hydrogens is 410 g/mol. The molecule has 4 rings (SSSR count). The first kappa shape index (κ1) is 23.0. The second-order valence-electron chi connectivity index (χ2n) is 8.80. The Morgan fingerprint density at radius 3 is 2.45 bits per heavy atom. The van der Waals surface area contributed by atoms with Crippen molar-refractivity contribution in [2.75, 3.05) is 33.3 Å². The van der Waals surface area contributed by atoms with E-state index in [-0.39, 0.29) is 5.91 Å². The molecular formula is C28H33N3O2. The minimum atomic E-state index is 0.235. The highest BCUT2D eigenvalue weighted by atomic mass is 16.5. The number of amides is 1. The van der Waals surface area contributed by atoms with Crippen LogP contribution in [0.5, 0.6) is 5.75 Å². The maximum Gasteiger partial charge on any atom is 0.222 e. The quantitative estimate of drug-likeness (QED) is 0.523. The largest absolute Gasteiger partial charge is 0.497 e. The molecule has 1 aromatic heterocycles. The first-order chi connectivity index (χ1) is 16.2. The van der Waals surface area contributed by atoms with Gasteiger partial charge in [0.25, 0.3) is 0 Å². The molecule has 33 heavy (non-hydrogen) atoms. The molecule has 0 saturated carbocycles. The van der Waals surface area contributed by atoms with Crippen molar-refractivity contribution in [2.45, 2.75) is 25.8 Å². The lowest BCUT2D eigenvalue weighted by Crippen LogP contribution is -2.36. The Balaban J connectivity index is 1.41. The molecule has 0 spiro atoms. The van der Waals surface area contributed by atoms with E-state index in [1.54, 1.807) is 7.11 Å². The van der Waals surface area contributed by atoms with E-state index in [0.29, 0.717) is 12.3 Å². The maximum atomic E-state index is 13.2. The molecule has 2 heterocycles. The van der Waals surface area contributed by atoms with E-state index in [1.807, 2.05) is 42.6 Å². The summed E-state index contributed by atoms with van der Waals surface area (Å²) in [5.74, 6) is 1.43. The van der Waals surface area contributed by atoms with Gasteiger partial charge in [0.05, 0.1) is 7.11 Å². The Morgan fingerprint density at radius 2 is 1.73 bits per heavy atom. The van der Waals surface area contributed by atoms with Gasteiger partial charge in [-0.1, -0.05) is 48.5 Å². The van der Waals surface area contributed by atoms with Gasteiger partial charge in [0, 0.05) is 51.0 Å². The van der Waals surface area contributed by atoms with Crippen molar-refractivity contribution in [1.82, 2.24) is 14.8 Å². The molecule has 1 fully saturated rings. The molecule has 172 valence electrons. The number of aryl methyl sites for hydroxylation is 1. The number of rotatable bonds is 8. The molecule has 1 aliphatic rings. The van der Waals surface area contributed by atoms with Gasteiger partial charge in [0.15, 0.2) is 0 Å². The van der Waals surface area contributed by atoms with Gasteiger partial charge in [-0.05, 0) is 54.2 Å². The topological polar surface area (TPSA) is 45.7 Å². The number of nitrogens with zero attached hydrogens (tertiary/aromatic N) is 3. The minimum Gasteiger partial charge on any atom is -0.497 e. The number of methoxy groups -OCH3 is 1. The van der Waals surface area contributed by atoms with Crippen LogP contribution < -0.4 is 4.74 Å². The van der Waals surface area contributed by atoms with Crippen LogP contribution in [0.1, 0.15) is 23.2 Å². The number of hydrogen-bond acceptors (Lipinski definition) is 4. The lowest BCUT2D eigenvalue weighted by Gasteiger charge is -2.24. The lowest BCUT2D eigenvalue weighted by atomic mass is 10.0. The van der Waals surface area contributed by atoms with Crippen LogP contribution in [-0.4, -0.2) is 54.0 Å². The average molecular weight is 444 g/mol. The predicted octanol–water partition coefficient (Wildman–Crippen LogP) is 4.23. The second-order valence-corrected chi connectivity index (χ2v) is 8.80. The molecule has 2 aromatic carbocycles. The van der Waals surface area contributed by atoms with Gasteiger partial charge in [0.2, 0.25) is 5.91 Å². The van der Waals surface area contributed by atoms with E-state index >= 15 is 0 Å². The van der Waals surface area contributed by atoms with Gasteiger partial charge in [-0.2, -0.15) is 0 Å². The SMILES string of the molecule is COc1ccc(CCC(=O)N2CCN(Cc3ccccc3)CC(Cc3ccccn3)C2)cc1. The molecule has 1 atom stereocenters. The molecule has 0 N–H and O–H groups in total. The average Bonchev–Trinajstić information content (AvgIpc) is 3.06. The van der Waals surface area contributed by atoms with Crippen molar-refractivity contribution in [1.29, 1.82) is 0 Å². The lowest BCUT2D eigenvalue weighted by molar-refractivity contribution is -0.131. The standard InChI is InChI=1S/C28H33N3O2/c1-33-27-13-10-23(11-14-27)12-15-28(32)31-18-17-30(20-24-7-3-2-4-8-24)21-25(22-31)19-26-9-5-6-16-29-26/h2-11,13-14,16,25H,12,15,17-22H2,1H3. The van der Waals surface area contributed by atoms with Crippen molar-refractivity contribution in [2.24, 2.45) is 5.92 Å². The van der Waals surface area contributed by atoms with Crippen molar-refractivity contribution in [3.63, 3.8) is 0 Å². The molecule has 1 unspecified atom stereocenters. The first-order valence-electron chi connectivity index (χ1n) is 11.8. The third kappa shape index (κ3) is 6.90. The molecule has 1 amide bonds. The van der Waals surface area contributed by atoms with Gasteiger partial charge >= 0.3 is 0 Å². The number of ether oxygens (including phenoxy) is 1. The molecule has 0 radical (unpaired) electrons.